The number of benzene rings is 1. The molecule has 98 valence electrons. The Labute approximate surface area is 119 Å². The van der Waals surface area contributed by atoms with Crippen LogP contribution in [0.3, 0.4) is 0 Å². The van der Waals surface area contributed by atoms with E-state index in [2.05, 4.69) is 25.8 Å². The van der Waals surface area contributed by atoms with E-state index in [1.54, 1.807) is 12.1 Å². The first-order chi connectivity index (χ1) is 9.20. The molecule has 3 rings (SSSR count). The normalized spacial score (nSPS) is 15.2. The van der Waals surface area contributed by atoms with Crippen molar-refractivity contribution in [3.63, 3.8) is 0 Å². The van der Waals surface area contributed by atoms with Crippen LogP contribution in [-0.2, 0) is 0 Å². The van der Waals surface area contributed by atoms with Gasteiger partial charge in [0.15, 0.2) is 0 Å². The quantitative estimate of drug-likeness (QED) is 0.811. The Morgan fingerprint density at radius 1 is 1.16 bits per heavy atom. The molecule has 1 aromatic heterocycles. The van der Waals surface area contributed by atoms with Crippen LogP contribution in [-0.4, -0.2) is 24.2 Å². The van der Waals surface area contributed by atoms with E-state index in [0.29, 0.717) is 5.75 Å². The van der Waals surface area contributed by atoms with Crippen LogP contribution < -0.4 is 9.64 Å². The maximum absolute atomic E-state index is 12.8. The number of nitrogens with zero attached hydrogens (tertiary/aromatic N) is 2. The molecule has 2 heterocycles. The van der Waals surface area contributed by atoms with Crippen LogP contribution in [0, 0.1) is 5.82 Å². The van der Waals surface area contributed by atoms with E-state index in [4.69, 9.17) is 4.74 Å². The van der Waals surface area contributed by atoms with Gasteiger partial charge in [0.25, 0.3) is 0 Å². The van der Waals surface area contributed by atoms with Gasteiger partial charge in [0.05, 0.1) is 13.1 Å². The first-order valence-electron chi connectivity index (χ1n) is 6.00. The van der Waals surface area contributed by atoms with Crippen LogP contribution in [0.15, 0.2) is 47.1 Å². The molecule has 0 spiro atoms. The number of halogens is 2. The first kappa shape index (κ1) is 12.4. The summed E-state index contributed by atoms with van der Waals surface area (Å²) in [5, 5.41) is 0. The fraction of sp³-hybridized carbons (Fsp3) is 0.214. The van der Waals surface area contributed by atoms with Crippen LogP contribution in [0.5, 0.6) is 5.75 Å². The van der Waals surface area contributed by atoms with Crippen LogP contribution in [0.25, 0.3) is 0 Å². The molecule has 2 aromatic rings. The number of hydrogen-bond donors (Lipinski definition) is 0. The zero-order valence-electron chi connectivity index (χ0n) is 10.1. The molecule has 1 aliphatic heterocycles. The zero-order chi connectivity index (χ0) is 13.2. The average Bonchev–Trinajstić information content (AvgIpc) is 2.35. The Bertz CT molecular complexity index is 570. The van der Waals surface area contributed by atoms with Gasteiger partial charge in [-0.3, -0.25) is 0 Å². The zero-order valence-corrected chi connectivity index (χ0v) is 11.7. The molecule has 0 aliphatic carbocycles. The summed E-state index contributed by atoms with van der Waals surface area (Å²) in [6, 6.07) is 11.9. The highest BCUT2D eigenvalue weighted by atomic mass is 79.9. The maximum atomic E-state index is 12.8. The first-order valence-corrected chi connectivity index (χ1v) is 6.80. The third kappa shape index (κ3) is 2.87. The van der Waals surface area contributed by atoms with Gasteiger partial charge in [0, 0.05) is 0 Å². The highest BCUT2D eigenvalue weighted by molar-refractivity contribution is 9.10. The summed E-state index contributed by atoms with van der Waals surface area (Å²) < 4.78 is 19.3. The van der Waals surface area contributed by atoms with Gasteiger partial charge in [-0.15, -0.1) is 0 Å². The molecule has 1 aliphatic rings. The molecule has 0 atom stereocenters. The standard InChI is InChI=1S/C14H12BrFN2O/c15-13-2-1-3-14(17-13)18-8-12(9-18)19-11-6-4-10(16)5-7-11/h1-7,12H,8-9H2. The Hall–Kier alpha value is -1.62. The molecular formula is C14H12BrFN2O. The van der Waals surface area contributed by atoms with E-state index in [0.717, 1.165) is 23.5 Å². The van der Waals surface area contributed by atoms with Crippen LogP contribution in [0.2, 0.25) is 0 Å². The van der Waals surface area contributed by atoms with Crippen molar-refractivity contribution in [3.05, 3.63) is 52.9 Å². The monoisotopic (exact) mass is 322 g/mol. The fourth-order valence-corrected chi connectivity index (χ4v) is 2.31. The Kier molecular flexibility index (Phi) is 3.38. The minimum absolute atomic E-state index is 0.131. The highest BCUT2D eigenvalue weighted by Gasteiger charge is 2.29. The molecule has 0 N–H and O–H groups in total. The average molecular weight is 323 g/mol. The topological polar surface area (TPSA) is 25.4 Å². The summed E-state index contributed by atoms with van der Waals surface area (Å²) in [6.07, 6.45) is 0.131. The Morgan fingerprint density at radius 2 is 1.89 bits per heavy atom. The molecule has 0 bridgehead atoms. The molecule has 0 unspecified atom stereocenters. The molecule has 1 fully saturated rings. The van der Waals surface area contributed by atoms with E-state index in [-0.39, 0.29) is 11.9 Å². The second-order valence-corrected chi connectivity index (χ2v) is 5.23. The molecule has 1 aromatic carbocycles. The van der Waals surface area contributed by atoms with Crippen LogP contribution in [0.1, 0.15) is 0 Å². The lowest BCUT2D eigenvalue weighted by Gasteiger charge is -2.39. The summed E-state index contributed by atoms with van der Waals surface area (Å²) in [5.74, 6) is 1.39. The largest absolute Gasteiger partial charge is 0.487 e. The van der Waals surface area contributed by atoms with E-state index in [1.807, 2.05) is 18.2 Å². The number of anilines is 1. The van der Waals surface area contributed by atoms with E-state index in [9.17, 15) is 4.39 Å². The smallest absolute Gasteiger partial charge is 0.134 e. The van der Waals surface area contributed by atoms with Crippen molar-refractivity contribution in [2.24, 2.45) is 0 Å². The summed E-state index contributed by atoms with van der Waals surface area (Å²) in [4.78, 5) is 6.52. The molecular weight excluding hydrogens is 311 g/mol. The van der Waals surface area contributed by atoms with Gasteiger partial charge >= 0.3 is 0 Å². The summed E-state index contributed by atoms with van der Waals surface area (Å²) in [6.45, 7) is 1.58. The number of ether oxygens (including phenoxy) is 1. The van der Waals surface area contributed by atoms with E-state index >= 15 is 0 Å². The van der Waals surface area contributed by atoms with Gasteiger partial charge in [-0.25, -0.2) is 9.37 Å². The second-order valence-electron chi connectivity index (χ2n) is 4.42. The van der Waals surface area contributed by atoms with Crippen molar-refractivity contribution >= 4 is 21.7 Å². The molecule has 5 heteroatoms. The lowest BCUT2D eigenvalue weighted by molar-refractivity contribution is 0.166. The summed E-state index contributed by atoms with van der Waals surface area (Å²) >= 11 is 3.35. The van der Waals surface area contributed by atoms with Crippen molar-refractivity contribution in [2.45, 2.75) is 6.10 Å². The lowest BCUT2D eigenvalue weighted by atomic mass is 10.1. The third-order valence-corrected chi connectivity index (χ3v) is 3.43. The van der Waals surface area contributed by atoms with Gasteiger partial charge in [0.2, 0.25) is 0 Å². The molecule has 1 saturated heterocycles. The molecule has 19 heavy (non-hydrogen) atoms. The molecule has 0 amide bonds. The van der Waals surface area contributed by atoms with Crippen molar-refractivity contribution < 1.29 is 9.13 Å². The number of aromatic nitrogens is 1. The van der Waals surface area contributed by atoms with Gasteiger partial charge < -0.3 is 9.64 Å². The molecule has 0 radical (unpaired) electrons. The molecule has 3 nitrogen and oxygen atoms in total. The van der Waals surface area contributed by atoms with Crippen molar-refractivity contribution in [3.8, 4) is 5.75 Å². The number of rotatable bonds is 3. The SMILES string of the molecule is Fc1ccc(OC2CN(c3cccc(Br)n3)C2)cc1. The Balaban J connectivity index is 1.57. The van der Waals surface area contributed by atoms with Gasteiger partial charge in [-0.05, 0) is 52.3 Å². The maximum Gasteiger partial charge on any atom is 0.134 e. The molecule has 0 saturated carbocycles. The minimum atomic E-state index is -0.249. The summed E-state index contributed by atoms with van der Waals surface area (Å²) in [7, 11) is 0. The van der Waals surface area contributed by atoms with Crippen LogP contribution in [0.4, 0.5) is 10.2 Å². The van der Waals surface area contributed by atoms with Crippen LogP contribution >= 0.6 is 15.9 Å². The second kappa shape index (κ2) is 5.17. The van der Waals surface area contributed by atoms with E-state index in [1.165, 1.54) is 12.1 Å². The predicted octanol–water partition coefficient (Wildman–Crippen LogP) is 3.25. The van der Waals surface area contributed by atoms with Gasteiger partial charge in [-0.1, -0.05) is 6.07 Å². The fourth-order valence-electron chi connectivity index (χ4n) is 1.98. The number of pyridine rings is 1. The Morgan fingerprint density at radius 3 is 2.58 bits per heavy atom. The highest BCUT2D eigenvalue weighted by Crippen LogP contribution is 2.23. The predicted molar refractivity (Wildman–Crippen MR) is 75.0 cm³/mol. The lowest BCUT2D eigenvalue weighted by Crippen LogP contribution is -2.54. The minimum Gasteiger partial charge on any atom is -0.487 e. The van der Waals surface area contributed by atoms with E-state index < -0.39 is 0 Å². The van der Waals surface area contributed by atoms with Crippen molar-refractivity contribution in [2.75, 3.05) is 18.0 Å². The van der Waals surface area contributed by atoms with Crippen molar-refractivity contribution in [1.29, 1.82) is 0 Å². The van der Waals surface area contributed by atoms with Gasteiger partial charge in [0.1, 0.15) is 28.1 Å². The summed E-state index contributed by atoms with van der Waals surface area (Å²) in [5.41, 5.74) is 0. The number of hydrogen-bond acceptors (Lipinski definition) is 3. The van der Waals surface area contributed by atoms with Gasteiger partial charge in [-0.2, -0.15) is 0 Å². The third-order valence-electron chi connectivity index (χ3n) is 2.99. The van der Waals surface area contributed by atoms with Crippen molar-refractivity contribution in [1.82, 2.24) is 4.98 Å².